The third kappa shape index (κ3) is 4.10. The van der Waals surface area contributed by atoms with Crippen molar-refractivity contribution in [3.05, 3.63) is 68.6 Å². The number of likely N-dealkylation sites (tertiary alicyclic amines) is 1. The summed E-state index contributed by atoms with van der Waals surface area (Å²) in [5.41, 5.74) is 0.867. The van der Waals surface area contributed by atoms with Gasteiger partial charge in [-0.3, -0.25) is 9.59 Å². The molecule has 2 aliphatic heterocycles. The van der Waals surface area contributed by atoms with E-state index in [1.165, 1.54) is 17.8 Å². The van der Waals surface area contributed by atoms with Crippen molar-refractivity contribution in [2.24, 2.45) is 0 Å². The number of Topliss-reactive ketones (excluding diaryl/α,β-unsaturated/α-hetero) is 1. The second-order valence-electron chi connectivity index (χ2n) is 7.43. The summed E-state index contributed by atoms with van der Waals surface area (Å²) < 4.78 is 0. The summed E-state index contributed by atoms with van der Waals surface area (Å²) in [5.74, 6) is -1.25. The number of carbonyl (C=O) groups is 2. The van der Waals surface area contributed by atoms with Crippen molar-refractivity contribution in [3.63, 3.8) is 0 Å². The van der Waals surface area contributed by atoms with E-state index in [9.17, 15) is 14.7 Å². The molecule has 7 heteroatoms. The van der Waals surface area contributed by atoms with E-state index in [1.54, 1.807) is 35.2 Å². The van der Waals surface area contributed by atoms with Gasteiger partial charge in [-0.05, 0) is 55.1 Å². The zero-order valence-corrected chi connectivity index (χ0v) is 17.6. The second kappa shape index (κ2) is 8.69. The predicted molar refractivity (Wildman–Crippen MR) is 115 cm³/mol. The number of piperidine rings is 1. The van der Waals surface area contributed by atoms with Crippen LogP contribution in [0.5, 0.6) is 0 Å². The maximum Gasteiger partial charge on any atom is 0.290 e. The van der Waals surface area contributed by atoms with Gasteiger partial charge in [0.1, 0.15) is 0 Å². The average Bonchev–Trinajstić information content (AvgIpc) is 3.35. The first-order valence-corrected chi connectivity index (χ1v) is 11.1. The number of benzene rings is 1. The van der Waals surface area contributed by atoms with Gasteiger partial charge in [-0.1, -0.05) is 36.2 Å². The normalized spacial score (nSPS) is 20.5. The van der Waals surface area contributed by atoms with Crippen LogP contribution in [0.3, 0.4) is 0 Å². The molecule has 2 aliphatic rings. The fourth-order valence-electron chi connectivity index (χ4n) is 4.11. The number of rotatable bonds is 6. The second-order valence-corrected chi connectivity index (χ2v) is 8.81. The fraction of sp³-hybridized carbons (Fsp3) is 0.364. The quantitative estimate of drug-likeness (QED) is 0.687. The first-order chi connectivity index (χ1) is 14.1. The molecule has 1 amide bonds. The fourth-order valence-corrected chi connectivity index (χ4v) is 4.99. The lowest BCUT2D eigenvalue weighted by molar-refractivity contribution is -0.129. The number of aliphatic hydroxyl groups excluding tert-OH is 1. The minimum Gasteiger partial charge on any atom is -0.503 e. The zero-order chi connectivity index (χ0) is 20.4. The van der Waals surface area contributed by atoms with E-state index < -0.39 is 17.7 Å². The summed E-state index contributed by atoms with van der Waals surface area (Å²) in [6.07, 6.45) is 3.57. The molecule has 4 rings (SSSR count). The van der Waals surface area contributed by atoms with Gasteiger partial charge in [0.25, 0.3) is 5.91 Å². The Kier molecular flexibility index (Phi) is 6.04. The molecule has 1 N–H and O–H groups in total. The van der Waals surface area contributed by atoms with Crippen molar-refractivity contribution < 1.29 is 14.7 Å². The smallest absolute Gasteiger partial charge is 0.290 e. The standard InChI is InChI=1S/C22H23ClN2O3S/c23-16-7-4-6-15(14-16)19-18(20(26)17-8-5-13-29-17)21(27)22(28)25(19)12-11-24-9-2-1-3-10-24/h4-8,13-14,19,27H,1-3,9-12H2. The van der Waals surface area contributed by atoms with Crippen molar-refractivity contribution in [3.8, 4) is 0 Å². The highest BCUT2D eigenvalue weighted by molar-refractivity contribution is 7.12. The molecule has 0 spiro atoms. The Morgan fingerprint density at radius 3 is 2.62 bits per heavy atom. The van der Waals surface area contributed by atoms with Crippen LogP contribution in [0, 0.1) is 0 Å². The van der Waals surface area contributed by atoms with Crippen LogP contribution in [0.4, 0.5) is 0 Å². The summed E-state index contributed by atoms with van der Waals surface area (Å²) in [6.45, 7) is 3.20. The van der Waals surface area contributed by atoms with Crippen LogP contribution in [-0.4, -0.2) is 52.8 Å². The molecule has 1 unspecified atom stereocenters. The molecule has 5 nitrogen and oxygen atoms in total. The summed E-state index contributed by atoms with van der Waals surface area (Å²) in [4.78, 5) is 30.6. The molecule has 1 saturated heterocycles. The van der Waals surface area contributed by atoms with Crippen molar-refractivity contribution >= 4 is 34.6 Å². The highest BCUT2D eigenvalue weighted by Crippen LogP contribution is 2.40. The molecule has 3 heterocycles. The first kappa shape index (κ1) is 20.1. The van der Waals surface area contributed by atoms with Gasteiger partial charge in [-0.25, -0.2) is 0 Å². The van der Waals surface area contributed by atoms with Crippen molar-refractivity contribution in [1.82, 2.24) is 9.80 Å². The van der Waals surface area contributed by atoms with Crippen molar-refractivity contribution in [2.75, 3.05) is 26.2 Å². The van der Waals surface area contributed by atoms with Gasteiger partial charge in [-0.2, -0.15) is 0 Å². The lowest BCUT2D eigenvalue weighted by Gasteiger charge is -2.31. The average molecular weight is 431 g/mol. The molecule has 0 radical (unpaired) electrons. The van der Waals surface area contributed by atoms with Crippen LogP contribution < -0.4 is 0 Å². The Bertz CT molecular complexity index is 935. The van der Waals surface area contributed by atoms with Gasteiger partial charge in [0, 0.05) is 18.1 Å². The third-order valence-electron chi connectivity index (χ3n) is 5.56. The number of amides is 1. The Balaban J connectivity index is 1.67. The van der Waals surface area contributed by atoms with E-state index in [4.69, 9.17) is 11.6 Å². The number of aliphatic hydroxyl groups is 1. The summed E-state index contributed by atoms with van der Waals surface area (Å²) in [6, 6.07) is 10.0. The van der Waals surface area contributed by atoms with E-state index in [0.29, 0.717) is 16.4 Å². The first-order valence-electron chi connectivity index (χ1n) is 9.86. The van der Waals surface area contributed by atoms with Gasteiger partial charge in [0.05, 0.1) is 16.5 Å². The van der Waals surface area contributed by atoms with Crippen molar-refractivity contribution in [1.29, 1.82) is 0 Å². The van der Waals surface area contributed by atoms with E-state index in [1.807, 2.05) is 11.4 Å². The largest absolute Gasteiger partial charge is 0.503 e. The zero-order valence-electron chi connectivity index (χ0n) is 16.0. The topological polar surface area (TPSA) is 60.9 Å². The maximum absolute atomic E-state index is 13.2. The molecule has 1 aromatic heterocycles. The van der Waals surface area contributed by atoms with Crippen LogP contribution in [0.15, 0.2) is 53.1 Å². The molecular formula is C22H23ClN2O3S. The van der Waals surface area contributed by atoms with Gasteiger partial charge in [0.15, 0.2) is 5.76 Å². The summed E-state index contributed by atoms with van der Waals surface area (Å²) >= 11 is 7.50. The Morgan fingerprint density at radius 2 is 1.93 bits per heavy atom. The van der Waals surface area contributed by atoms with Crippen LogP contribution in [0.2, 0.25) is 5.02 Å². The lowest BCUT2D eigenvalue weighted by atomic mass is 9.95. The van der Waals surface area contributed by atoms with E-state index in [-0.39, 0.29) is 11.4 Å². The molecule has 1 aromatic carbocycles. The van der Waals surface area contributed by atoms with Gasteiger partial charge in [0.2, 0.25) is 5.78 Å². The maximum atomic E-state index is 13.2. The minimum atomic E-state index is -0.638. The van der Waals surface area contributed by atoms with Crippen LogP contribution >= 0.6 is 22.9 Å². The number of halogens is 1. The molecule has 1 fully saturated rings. The van der Waals surface area contributed by atoms with Crippen LogP contribution in [0.1, 0.15) is 40.5 Å². The summed E-state index contributed by atoms with van der Waals surface area (Å²) in [5, 5.41) is 13.0. The molecule has 0 bridgehead atoms. The summed E-state index contributed by atoms with van der Waals surface area (Å²) in [7, 11) is 0. The number of hydrogen-bond donors (Lipinski definition) is 1. The van der Waals surface area contributed by atoms with Crippen LogP contribution in [-0.2, 0) is 4.79 Å². The lowest BCUT2D eigenvalue weighted by Crippen LogP contribution is -2.40. The Morgan fingerprint density at radius 1 is 1.14 bits per heavy atom. The number of ketones is 1. The molecule has 2 aromatic rings. The highest BCUT2D eigenvalue weighted by atomic mass is 35.5. The number of thiophene rings is 1. The van der Waals surface area contributed by atoms with E-state index in [2.05, 4.69) is 4.90 Å². The Labute approximate surface area is 179 Å². The number of carbonyl (C=O) groups excluding carboxylic acids is 2. The SMILES string of the molecule is O=C(C1=C(O)C(=O)N(CCN2CCCCC2)C1c1cccc(Cl)c1)c1cccs1. The van der Waals surface area contributed by atoms with Gasteiger partial charge >= 0.3 is 0 Å². The number of nitrogens with zero attached hydrogens (tertiary/aromatic N) is 2. The van der Waals surface area contributed by atoms with Crippen molar-refractivity contribution in [2.45, 2.75) is 25.3 Å². The Hall–Kier alpha value is -2.15. The minimum absolute atomic E-state index is 0.137. The van der Waals surface area contributed by atoms with Gasteiger partial charge < -0.3 is 14.9 Å². The molecule has 0 aliphatic carbocycles. The van der Waals surface area contributed by atoms with Gasteiger partial charge in [-0.15, -0.1) is 11.3 Å². The predicted octanol–water partition coefficient (Wildman–Crippen LogP) is 4.47. The molecule has 0 saturated carbocycles. The van der Waals surface area contributed by atoms with E-state index >= 15 is 0 Å². The molecule has 1 atom stereocenters. The highest BCUT2D eigenvalue weighted by Gasteiger charge is 2.44. The van der Waals surface area contributed by atoms with E-state index in [0.717, 1.165) is 38.0 Å². The molecule has 152 valence electrons. The number of hydrogen-bond acceptors (Lipinski definition) is 5. The monoisotopic (exact) mass is 430 g/mol. The van der Waals surface area contributed by atoms with Crippen LogP contribution in [0.25, 0.3) is 0 Å². The molecule has 29 heavy (non-hydrogen) atoms. The molecular weight excluding hydrogens is 408 g/mol. The third-order valence-corrected chi connectivity index (χ3v) is 6.67.